The van der Waals surface area contributed by atoms with Gasteiger partial charge in [0, 0.05) is 17.0 Å². The van der Waals surface area contributed by atoms with Gasteiger partial charge in [0.1, 0.15) is 5.76 Å². The minimum absolute atomic E-state index is 0.00408. The van der Waals surface area contributed by atoms with Crippen LogP contribution < -0.4 is 0 Å². The Morgan fingerprint density at radius 1 is 1.14 bits per heavy atom. The monoisotopic (exact) mass is 280 g/mol. The van der Waals surface area contributed by atoms with Gasteiger partial charge in [0.05, 0.1) is 12.2 Å². The maximum Gasteiger partial charge on any atom is 0.234 e. The van der Waals surface area contributed by atoms with Crippen molar-refractivity contribution in [3.05, 3.63) is 46.5 Å². The third-order valence-electron chi connectivity index (χ3n) is 4.74. The molecular weight excluding hydrogens is 264 g/mol. The van der Waals surface area contributed by atoms with Gasteiger partial charge in [-0.2, -0.15) is 0 Å². The van der Waals surface area contributed by atoms with Crippen LogP contribution in [0.25, 0.3) is 11.3 Å². The highest BCUT2D eigenvalue weighted by Gasteiger charge is 2.41. The number of hydrogen-bond acceptors (Lipinski definition) is 3. The van der Waals surface area contributed by atoms with Crippen LogP contribution in [0.2, 0.25) is 0 Å². The smallest absolute Gasteiger partial charge is 0.234 e. The Kier molecular flexibility index (Phi) is 2.49. The molecule has 1 heterocycles. The van der Waals surface area contributed by atoms with Gasteiger partial charge < -0.3 is 4.74 Å². The van der Waals surface area contributed by atoms with E-state index in [0.29, 0.717) is 23.5 Å². The van der Waals surface area contributed by atoms with Crippen LogP contribution in [0.4, 0.5) is 0 Å². The molecular formula is C18H16O3. The number of fused-ring (bicyclic) bond motifs is 4. The Labute approximate surface area is 123 Å². The average Bonchev–Trinajstić information content (AvgIpc) is 2.86. The molecule has 0 saturated carbocycles. The molecule has 0 radical (unpaired) electrons. The largest absolute Gasteiger partial charge is 0.492 e. The Morgan fingerprint density at radius 3 is 2.71 bits per heavy atom. The minimum Gasteiger partial charge on any atom is -0.492 e. The molecule has 3 nitrogen and oxygen atoms in total. The number of ether oxygens (including phenoxy) is 1. The topological polar surface area (TPSA) is 43.4 Å². The van der Waals surface area contributed by atoms with E-state index in [1.54, 1.807) is 0 Å². The molecule has 2 aliphatic carbocycles. The number of rotatable bonds is 0. The fourth-order valence-corrected chi connectivity index (χ4v) is 3.68. The fraction of sp³-hybridized carbons (Fsp3) is 0.333. The number of ketones is 2. The first-order valence-electron chi connectivity index (χ1n) is 7.40. The van der Waals surface area contributed by atoms with Gasteiger partial charge in [-0.1, -0.05) is 19.6 Å². The van der Waals surface area contributed by atoms with Crippen LogP contribution in [0.1, 0.15) is 46.8 Å². The van der Waals surface area contributed by atoms with Crippen molar-refractivity contribution < 1.29 is 14.3 Å². The number of allylic oxidation sites excluding steroid dienone is 1. The first-order valence-corrected chi connectivity index (χ1v) is 7.40. The van der Waals surface area contributed by atoms with Crippen LogP contribution in [0.3, 0.4) is 0 Å². The molecule has 0 saturated heterocycles. The molecule has 1 aromatic rings. The average molecular weight is 280 g/mol. The predicted molar refractivity (Wildman–Crippen MR) is 79.8 cm³/mol. The molecule has 0 fully saturated rings. The number of Topliss-reactive ketones (excluding diaryl/α,β-unsaturated/α-hetero) is 2. The lowest BCUT2D eigenvalue weighted by Gasteiger charge is -2.25. The van der Waals surface area contributed by atoms with E-state index in [4.69, 9.17) is 4.74 Å². The van der Waals surface area contributed by atoms with Gasteiger partial charge in [0.15, 0.2) is 0 Å². The summed E-state index contributed by atoms with van der Waals surface area (Å²) in [6.07, 6.45) is 2.76. The second-order valence-electron chi connectivity index (χ2n) is 6.08. The highest BCUT2D eigenvalue weighted by atomic mass is 16.5. The third-order valence-corrected chi connectivity index (χ3v) is 4.74. The van der Waals surface area contributed by atoms with Gasteiger partial charge in [0.25, 0.3) is 0 Å². The van der Waals surface area contributed by atoms with Crippen LogP contribution in [0.5, 0.6) is 0 Å². The number of hydrogen-bond donors (Lipinski definition) is 0. The van der Waals surface area contributed by atoms with E-state index in [0.717, 1.165) is 41.5 Å². The van der Waals surface area contributed by atoms with E-state index >= 15 is 0 Å². The van der Waals surface area contributed by atoms with E-state index < -0.39 is 0 Å². The second kappa shape index (κ2) is 4.17. The molecule has 0 N–H and O–H groups in total. The van der Waals surface area contributed by atoms with E-state index in [1.807, 2.05) is 19.1 Å². The van der Waals surface area contributed by atoms with E-state index in [2.05, 4.69) is 6.58 Å². The number of benzene rings is 1. The summed E-state index contributed by atoms with van der Waals surface area (Å²) < 4.78 is 5.72. The van der Waals surface area contributed by atoms with Crippen LogP contribution in [0.15, 0.2) is 24.3 Å². The van der Waals surface area contributed by atoms with Crippen LogP contribution in [-0.4, -0.2) is 18.2 Å². The quantitative estimate of drug-likeness (QED) is 0.685. The number of carbonyl (C=O) groups is 2. The summed E-state index contributed by atoms with van der Waals surface area (Å²) in [5.74, 6) is -0.128. The van der Waals surface area contributed by atoms with Crippen molar-refractivity contribution in [1.82, 2.24) is 0 Å². The van der Waals surface area contributed by atoms with Crippen molar-refractivity contribution in [1.29, 1.82) is 0 Å². The zero-order valence-corrected chi connectivity index (χ0v) is 12.0. The van der Waals surface area contributed by atoms with Gasteiger partial charge in [-0.3, -0.25) is 9.59 Å². The van der Waals surface area contributed by atoms with Crippen LogP contribution in [-0.2, 0) is 16.0 Å². The SMILES string of the molecule is C=C1CCCc2c1ccc1c2C(=O)C(=O)C2=C1OC[C@@H]2C. The summed E-state index contributed by atoms with van der Waals surface area (Å²) in [6.45, 7) is 6.50. The molecule has 4 rings (SSSR count). The normalized spacial score (nSPS) is 23.7. The molecule has 0 bridgehead atoms. The zero-order chi connectivity index (χ0) is 14.7. The van der Waals surface area contributed by atoms with Crippen molar-refractivity contribution >= 4 is 22.9 Å². The predicted octanol–water partition coefficient (Wildman–Crippen LogP) is 3.18. The summed E-state index contributed by atoms with van der Waals surface area (Å²) in [4.78, 5) is 25.1. The fourth-order valence-electron chi connectivity index (χ4n) is 3.68. The van der Waals surface area contributed by atoms with Crippen molar-refractivity contribution in [3.8, 4) is 0 Å². The van der Waals surface area contributed by atoms with Gasteiger partial charge in [-0.25, -0.2) is 0 Å². The Balaban J connectivity index is 2.03. The molecule has 3 aliphatic rings. The highest BCUT2D eigenvalue weighted by molar-refractivity contribution is 6.52. The molecule has 1 aromatic carbocycles. The molecule has 3 heteroatoms. The van der Waals surface area contributed by atoms with Crippen LogP contribution in [0, 0.1) is 5.92 Å². The number of carbonyl (C=O) groups excluding carboxylic acids is 2. The van der Waals surface area contributed by atoms with E-state index in [-0.39, 0.29) is 17.5 Å². The summed E-state index contributed by atoms with van der Waals surface area (Å²) in [7, 11) is 0. The van der Waals surface area contributed by atoms with Gasteiger partial charge in [0.2, 0.25) is 11.6 Å². The molecule has 0 unspecified atom stereocenters. The van der Waals surface area contributed by atoms with Gasteiger partial charge in [-0.05, 0) is 42.0 Å². The van der Waals surface area contributed by atoms with E-state index in [1.165, 1.54) is 0 Å². The first kappa shape index (κ1) is 12.6. The van der Waals surface area contributed by atoms with Crippen LogP contribution >= 0.6 is 0 Å². The van der Waals surface area contributed by atoms with Crippen molar-refractivity contribution in [2.75, 3.05) is 6.61 Å². The van der Waals surface area contributed by atoms with Crippen molar-refractivity contribution in [2.24, 2.45) is 5.92 Å². The van der Waals surface area contributed by atoms with Crippen molar-refractivity contribution in [2.45, 2.75) is 26.2 Å². The molecule has 1 atom stereocenters. The molecule has 0 amide bonds. The first-order chi connectivity index (χ1) is 10.1. The summed E-state index contributed by atoms with van der Waals surface area (Å²) in [5.41, 5.74) is 4.99. The molecule has 0 spiro atoms. The lowest BCUT2D eigenvalue weighted by molar-refractivity contribution is -0.112. The molecule has 21 heavy (non-hydrogen) atoms. The van der Waals surface area contributed by atoms with Crippen molar-refractivity contribution in [3.63, 3.8) is 0 Å². The summed E-state index contributed by atoms with van der Waals surface area (Å²) in [6, 6.07) is 3.94. The Hall–Kier alpha value is -2.16. The molecule has 0 aromatic heterocycles. The van der Waals surface area contributed by atoms with Gasteiger partial charge in [-0.15, -0.1) is 0 Å². The highest BCUT2D eigenvalue weighted by Crippen LogP contribution is 2.43. The lowest BCUT2D eigenvalue weighted by Crippen LogP contribution is -2.27. The maximum absolute atomic E-state index is 12.6. The summed E-state index contributed by atoms with van der Waals surface area (Å²) >= 11 is 0. The van der Waals surface area contributed by atoms with Gasteiger partial charge >= 0.3 is 0 Å². The Morgan fingerprint density at radius 2 is 1.90 bits per heavy atom. The molecule has 1 aliphatic heterocycles. The third kappa shape index (κ3) is 1.54. The van der Waals surface area contributed by atoms with E-state index in [9.17, 15) is 9.59 Å². The second-order valence-corrected chi connectivity index (χ2v) is 6.08. The molecule has 106 valence electrons. The maximum atomic E-state index is 12.6. The Bertz CT molecular complexity index is 752. The summed E-state index contributed by atoms with van der Waals surface area (Å²) in [5, 5.41) is 0. The standard InChI is InChI=1S/C18H16O3/c1-9-4-3-5-12-11(9)6-7-13-15(12)17(20)16(19)14-10(2)8-21-18(13)14/h6-7,10H,1,3-5,8H2,2H3/t10-/m0/s1. The minimum atomic E-state index is -0.382. The lowest BCUT2D eigenvalue weighted by atomic mass is 9.77. The zero-order valence-electron chi connectivity index (χ0n) is 12.0.